The van der Waals surface area contributed by atoms with Crippen molar-refractivity contribution in [1.82, 2.24) is 4.98 Å². The van der Waals surface area contributed by atoms with Gasteiger partial charge in [-0.05, 0) is 44.5 Å². The topological polar surface area (TPSA) is 93.2 Å². The van der Waals surface area contributed by atoms with Gasteiger partial charge in [-0.1, -0.05) is 54.2 Å². The molecule has 0 fully saturated rings. The van der Waals surface area contributed by atoms with Gasteiger partial charge in [0.05, 0.1) is 9.79 Å². The minimum atomic E-state index is -3.99. The molecule has 29 heavy (non-hydrogen) atoms. The lowest BCUT2D eigenvalue weighted by Gasteiger charge is -2.12. The summed E-state index contributed by atoms with van der Waals surface area (Å²) in [4.78, 5) is 4.24. The maximum absolute atomic E-state index is 13.2. The number of aryl methyl sites for hydroxylation is 1. The van der Waals surface area contributed by atoms with Gasteiger partial charge in [0.25, 0.3) is 0 Å². The van der Waals surface area contributed by atoms with Gasteiger partial charge in [0, 0.05) is 6.04 Å². The van der Waals surface area contributed by atoms with Crippen LogP contribution in [0.4, 0.5) is 5.00 Å². The first kappa shape index (κ1) is 21.5. The molecule has 3 rings (SSSR count). The highest BCUT2D eigenvalue weighted by atomic mass is 32.2. The van der Waals surface area contributed by atoms with Crippen molar-refractivity contribution in [2.45, 2.75) is 52.4 Å². The Morgan fingerprint density at radius 3 is 2.10 bits per heavy atom. The number of benzene rings is 2. The maximum atomic E-state index is 13.2. The van der Waals surface area contributed by atoms with Gasteiger partial charge in [-0.3, -0.25) is 0 Å². The summed E-state index contributed by atoms with van der Waals surface area (Å²) in [5.74, 6) is 0. The number of nitrogens with one attached hydrogen (secondary N) is 1. The summed E-state index contributed by atoms with van der Waals surface area (Å²) >= 11 is 0.840. The number of nitrogens with zero attached hydrogens (tertiary/aromatic N) is 1. The Bertz CT molecular complexity index is 1200. The van der Waals surface area contributed by atoms with Gasteiger partial charge in [-0.15, -0.1) is 0 Å². The zero-order valence-corrected chi connectivity index (χ0v) is 18.7. The summed E-state index contributed by atoms with van der Waals surface area (Å²) in [6.07, 6.45) is 0.739. The number of thiazole rings is 1. The SMILES string of the molecule is CC[C@@H](C)Nc1sc(S(=O)(=O)c2ccccc2)nc1S(=O)(=O)c1ccc(C)cc1. The standard InChI is InChI=1S/C20H22N2O4S3/c1-4-15(3)21-18-19(28(23,24)17-12-10-14(2)11-13-17)22-20(27-18)29(25,26)16-8-6-5-7-9-16/h5-13,15,21H,4H2,1-3H3/t15-/m1/s1. The summed E-state index contributed by atoms with van der Waals surface area (Å²) < 4.78 is 52.2. The number of anilines is 1. The van der Waals surface area contributed by atoms with E-state index in [0.29, 0.717) is 0 Å². The summed E-state index contributed by atoms with van der Waals surface area (Å²) in [6.45, 7) is 5.71. The Hall–Kier alpha value is -2.23. The highest BCUT2D eigenvalue weighted by molar-refractivity contribution is 7.94. The fourth-order valence-electron chi connectivity index (χ4n) is 2.53. The zero-order valence-electron chi connectivity index (χ0n) is 16.3. The summed E-state index contributed by atoms with van der Waals surface area (Å²) in [5, 5.41) is 3.07. The lowest BCUT2D eigenvalue weighted by atomic mass is 10.2. The molecule has 0 aliphatic carbocycles. The lowest BCUT2D eigenvalue weighted by Crippen LogP contribution is -2.15. The van der Waals surface area contributed by atoms with Gasteiger partial charge in [0.2, 0.25) is 24.0 Å². The van der Waals surface area contributed by atoms with E-state index in [1.165, 1.54) is 24.3 Å². The molecule has 0 aliphatic heterocycles. The predicted molar refractivity (Wildman–Crippen MR) is 114 cm³/mol. The molecule has 1 N–H and O–H groups in total. The molecule has 0 amide bonds. The fourth-order valence-corrected chi connectivity index (χ4v) is 6.94. The Morgan fingerprint density at radius 1 is 0.931 bits per heavy atom. The maximum Gasteiger partial charge on any atom is 0.233 e. The van der Waals surface area contributed by atoms with E-state index in [4.69, 9.17) is 0 Å². The Morgan fingerprint density at radius 2 is 1.52 bits per heavy atom. The van der Waals surface area contributed by atoms with Gasteiger partial charge in [0.15, 0.2) is 5.03 Å². The van der Waals surface area contributed by atoms with Crippen LogP contribution < -0.4 is 5.32 Å². The highest BCUT2D eigenvalue weighted by Gasteiger charge is 2.31. The van der Waals surface area contributed by atoms with Crippen molar-refractivity contribution in [3.63, 3.8) is 0 Å². The molecule has 0 saturated carbocycles. The van der Waals surface area contributed by atoms with E-state index in [1.807, 2.05) is 20.8 Å². The molecule has 1 heterocycles. The van der Waals surface area contributed by atoms with E-state index < -0.39 is 19.7 Å². The monoisotopic (exact) mass is 450 g/mol. The minimum Gasteiger partial charge on any atom is -0.372 e. The smallest absolute Gasteiger partial charge is 0.233 e. The predicted octanol–water partition coefficient (Wildman–Crippen LogP) is 4.33. The largest absolute Gasteiger partial charge is 0.372 e. The minimum absolute atomic E-state index is 0.0466. The lowest BCUT2D eigenvalue weighted by molar-refractivity contribution is 0.589. The van der Waals surface area contributed by atoms with Gasteiger partial charge in [0.1, 0.15) is 5.00 Å². The van der Waals surface area contributed by atoms with Crippen molar-refractivity contribution in [2.24, 2.45) is 0 Å². The van der Waals surface area contributed by atoms with Crippen molar-refractivity contribution in [2.75, 3.05) is 5.32 Å². The first-order valence-corrected chi connectivity index (χ1v) is 12.8. The van der Waals surface area contributed by atoms with Crippen LogP contribution in [0.15, 0.2) is 73.8 Å². The van der Waals surface area contributed by atoms with Crippen LogP contribution in [-0.4, -0.2) is 27.9 Å². The van der Waals surface area contributed by atoms with Gasteiger partial charge in [-0.25, -0.2) is 21.8 Å². The number of hydrogen-bond acceptors (Lipinski definition) is 7. The van der Waals surface area contributed by atoms with Gasteiger partial charge < -0.3 is 5.32 Å². The van der Waals surface area contributed by atoms with Crippen LogP contribution in [-0.2, 0) is 19.7 Å². The third kappa shape index (κ3) is 4.36. The molecule has 0 unspecified atom stereocenters. The van der Waals surface area contributed by atoms with E-state index >= 15 is 0 Å². The van der Waals surface area contributed by atoms with Crippen molar-refractivity contribution >= 4 is 36.0 Å². The molecule has 2 aromatic carbocycles. The average molecular weight is 451 g/mol. The van der Waals surface area contributed by atoms with Crippen LogP contribution in [0.2, 0.25) is 0 Å². The van der Waals surface area contributed by atoms with Crippen molar-refractivity contribution in [1.29, 1.82) is 0 Å². The summed E-state index contributed by atoms with van der Waals surface area (Å²) in [7, 11) is -7.92. The first-order chi connectivity index (χ1) is 13.7. The second-order valence-corrected chi connectivity index (χ2v) is 11.7. The van der Waals surface area contributed by atoms with E-state index in [-0.39, 0.29) is 30.2 Å². The number of rotatable bonds is 7. The quantitative estimate of drug-likeness (QED) is 0.576. The fraction of sp³-hybridized carbons (Fsp3) is 0.250. The number of hydrogen-bond donors (Lipinski definition) is 1. The van der Waals surface area contributed by atoms with Crippen LogP contribution in [0.3, 0.4) is 0 Å². The Labute approximate surface area is 175 Å². The molecule has 0 spiro atoms. The second-order valence-electron chi connectivity index (χ2n) is 6.70. The molecule has 1 atom stereocenters. The van der Waals surface area contributed by atoms with Crippen molar-refractivity contribution in [3.05, 3.63) is 60.2 Å². The van der Waals surface area contributed by atoms with Crippen molar-refractivity contribution in [3.8, 4) is 0 Å². The average Bonchev–Trinajstić information content (AvgIpc) is 3.14. The molecular weight excluding hydrogens is 428 g/mol. The van der Waals surface area contributed by atoms with Gasteiger partial charge in [-0.2, -0.15) is 0 Å². The third-order valence-corrected chi connectivity index (χ3v) is 9.40. The number of aromatic nitrogens is 1. The van der Waals surface area contributed by atoms with Gasteiger partial charge >= 0.3 is 0 Å². The highest BCUT2D eigenvalue weighted by Crippen LogP contribution is 2.37. The molecular formula is C20H22N2O4S3. The van der Waals surface area contributed by atoms with Crippen LogP contribution in [0, 0.1) is 6.92 Å². The second kappa shape index (κ2) is 8.25. The molecule has 3 aromatic rings. The normalized spacial score (nSPS) is 13.2. The molecule has 9 heteroatoms. The van der Waals surface area contributed by atoms with E-state index in [1.54, 1.807) is 30.3 Å². The van der Waals surface area contributed by atoms with E-state index in [2.05, 4.69) is 10.3 Å². The van der Waals surface area contributed by atoms with E-state index in [9.17, 15) is 16.8 Å². The van der Waals surface area contributed by atoms with Crippen LogP contribution >= 0.6 is 11.3 Å². The van der Waals surface area contributed by atoms with Crippen LogP contribution in [0.1, 0.15) is 25.8 Å². The molecule has 154 valence electrons. The van der Waals surface area contributed by atoms with Crippen LogP contribution in [0.5, 0.6) is 0 Å². The van der Waals surface area contributed by atoms with Crippen molar-refractivity contribution < 1.29 is 16.8 Å². The van der Waals surface area contributed by atoms with E-state index in [0.717, 1.165) is 23.3 Å². The zero-order chi connectivity index (χ0) is 21.2. The molecule has 0 radical (unpaired) electrons. The van der Waals surface area contributed by atoms with Crippen LogP contribution in [0.25, 0.3) is 0 Å². The molecule has 6 nitrogen and oxygen atoms in total. The molecule has 1 aromatic heterocycles. The first-order valence-electron chi connectivity index (χ1n) is 9.05. The third-order valence-electron chi connectivity index (χ3n) is 4.44. The Kier molecular flexibility index (Phi) is 6.11. The molecule has 0 saturated heterocycles. The molecule has 0 bridgehead atoms. The molecule has 0 aliphatic rings. The summed E-state index contributed by atoms with van der Waals surface area (Å²) in [5.41, 5.74) is 0.924. The Balaban J connectivity index is 2.17. The summed E-state index contributed by atoms with van der Waals surface area (Å²) in [6, 6.07) is 14.2. The number of sulfone groups is 2.